The molecule has 2 bridgehead atoms. The second-order valence-electron chi connectivity index (χ2n) is 13.6. The SMILES string of the molecule is O=C(O)CCCC(=O)N1C[C@H]2CC(c3ccc(CCCOc4cc(F)ccc4Br)cc3)=C(C(=O)N(Cc3cccc(C(F)(F)F)c3)C3CC3)[C@@H](C1)N2. The highest BCUT2D eigenvalue weighted by Crippen LogP contribution is 2.38. The minimum atomic E-state index is -4.51. The summed E-state index contributed by atoms with van der Waals surface area (Å²) in [4.78, 5) is 42.2. The number of amides is 2. The fraction of sp³-hybridized carbons (Fsp3) is 0.410. The molecule has 2 fully saturated rings. The second kappa shape index (κ2) is 16.2. The van der Waals surface area contributed by atoms with Crippen molar-refractivity contribution in [3.8, 4) is 5.75 Å². The highest BCUT2D eigenvalue weighted by Gasteiger charge is 2.43. The number of halogens is 5. The lowest BCUT2D eigenvalue weighted by molar-refractivity contribution is -0.139. The van der Waals surface area contributed by atoms with E-state index in [1.54, 1.807) is 21.9 Å². The Morgan fingerprint density at radius 2 is 1.73 bits per heavy atom. The van der Waals surface area contributed by atoms with E-state index in [9.17, 15) is 31.9 Å². The van der Waals surface area contributed by atoms with Gasteiger partial charge in [0.05, 0.1) is 22.7 Å². The van der Waals surface area contributed by atoms with Gasteiger partial charge in [-0.2, -0.15) is 13.2 Å². The molecule has 6 rings (SSSR count). The zero-order valence-corrected chi connectivity index (χ0v) is 30.0. The minimum absolute atomic E-state index is 0.0192. The summed E-state index contributed by atoms with van der Waals surface area (Å²) >= 11 is 3.37. The van der Waals surface area contributed by atoms with Crippen LogP contribution in [0.15, 0.2) is 76.8 Å². The van der Waals surface area contributed by atoms with Gasteiger partial charge < -0.3 is 25.0 Å². The van der Waals surface area contributed by atoms with E-state index in [-0.39, 0.29) is 62.1 Å². The highest BCUT2D eigenvalue weighted by molar-refractivity contribution is 9.10. The van der Waals surface area contributed by atoms with E-state index in [2.05, 4.69) is 21.2 Å². The molecule has 8 nitrogen and oxygen atoms in total. The molecule has 0 spiro atoms. The van der Waals surface area contributed by atoms with Crippen molar-refractivity contribution in [3.63, 3.8) is 0 Å². The normalized spacial score (nSPS) is 18.7. The smallest absolute Gasteiger partial charge is 0.416 e. The second-order valence-corrected chi connectivity index (χ2v) is 14.5. The van der Waals surface area contributed by atoms with Gasteiger partial charge in [-0.1, -0.05) is 36.4 Å². The summed E-state index contributed by atoms with van der Waals surface area (Å²) in [5, 5.41) is 12.6. The van der Waals surface area contributed by atoms with Crippen molar-refractivity contribution < 1.29 is 41.8 Å². The Morgan fingerprint density at radius 3 is 2.44 bits per heavy atom. The van der Waals surface area contributed by atoms with Crippen LogP contribution in [0.5, 0.6) is 5.75 Å². The number of aryl methyl sites for hydroxylation is 1. The zero-order valence-electron chi connectivity index (χ0n) is 28.4. The number of benzene rings is 3. The summed E-state index contributed by atoms with van der Waals surface area (Å²) < 4.78 is 60.7. The average Bonchev–Trinajstić information content (AvgIpc) is 3.95. The number of carboxylic acid groups (broad SMARTS) is 1. The molecule has 0 radical (unpaired) electrons. The summed E-state index contributed by atoms with van der Waals surface area (Å²) in [5.74, 6) is -1.36. The Balaban J connectivity index is 1.24. The molecule has 1 aliphatic carbocycles. The van der Waals surface area contributed by atoms with Crippen molar-refractivity contribution in [1.82, 2.24) is 15.1 Å². The maximum atomic E-state index is 14.7. The molecule has 2 amide bonds. The lowest BCUT2D eigenvalue weighted by Gasteiger charge is -2.45. The van der Waals surface area contributed by atoms with Gasteiger partial charge in [0.25, 0.3) is 5.91 Å². The van der Waals surface area contributed by atoms with E-state index in [1.165, 1.54) is 18.2 Å². The predicted molar refractivity (Wildman–Crippen MR) is 190 cm³/mol. The standard InChI is InChI=1S/C39H40BrF4N3O5/c40-32-16-13-28(41)19-34(32)52-17-3-5-24-9-11-26(12-10-24)31-20-29-22-46(35(48)7-2-8-36(49)50)23-33(45-29)37(31)38(51)47(30-14-15-30)21-25-4-1-6-27(18-25)39(42,43)44/h1,4,6,9-13,16,18-19,29-30,33,45H,2-3,5,7-8,14-15,17,20-23H2,(H,49,50)/t29-,33-/m1/s1. The molecule has 0 aromatic heterocycles. The van der Waals surface area contributed by atoms with Gasteiger partial charge in [0, 0.05) is 56.2 Å². The number of piperazine rings is 1. The summed E-state index contributed by atoms with van der Waals surface area (Å²) in [7, 11) is 0. The maximum absolute atomic E-state index is 14.7. The molecule has 2 aliphatic heterocycles. The molecule has 52 heavy (non-hydrogen) atoms. The summed E-state index contributed by atoms with van der Waals surface area (Å²) in [6, 6.07) is 16.5. The van der Waals surface area contributed by atoms with E-state index in [0.717, 1.165) is 41.7 Å². The number of alkyl halides is 3. The van der Waals surface area contributed by atoms with Crippen LogP contribution in [0.2, 0.25) is 0 Å². The van der Waals surface area contributed by atoms with Crippen molar-refractivity contribution in [2.24, 2.45) is 0 Å². The molecule has 3 aromatic carbocycles. The Bertz CT molecular complexity index is 1830. The molecular weight excluding hydrogens is 746 g/mol. The van der Waals surface area contributed by atoms with Crippen molar-refractivity contribution in [2.75, 3.05) is 19.7 Å². The van der Waals surface area contributed by atoms with Crippen LogP contribution < -0.4 is 10.1 Å². The molecule has 0 unspecified atom stereocenters. The first-order chi connectivity index (χ1) is 24.9. The molecule has 2 atom stereocenters. The Kier molecular flexibility index (Phi) is 11.7. The number of aliphatic carboxylic acids is 1. The highest BCUT2D eigenvalue weighted by atomic mass is 79.9. The van der Waals surface area contributed by atoms with Crippen LogP contribution in [0.4, 0.5) is 17.6 Å². The fourth-order valence-corrected chi connectivity index (χ4v) is 7.35. The van der Waals surface area contributed by atoms with Crippen molar-refractivity contribution in [2.45, 2.75) is 82.2 Å². The van der Waals surface area contributed by atoms with E-state index < -0.39 is 23.8 Å². The number of carbonyl (C=O) groups is 3. The molecule has 2 heterocycles. The molecule has 276 valence electrons. The van der Waals surface area contributed by atoms with Crippen LogP contribution in [0.3, 0.4) is 0 Å². The lowest BCUT2D eigenvalue weighted by Crippen LogP contribution is -2.62. The van der Waals surface area contributed by atoms with E-state index in [4.69, 9.17) is 9.84 Å². The third-order valence-corrected chi connectivity index (χ3v) is 10.3. The minimum Gasteiger partial charge on any atom is -0.492 e. The third kappa shape index (κ3) is 9.40. The van der Waals surface area contributed by atoms with Gasteiger partial charge in [0.15, 0.2) is 0 Å². The van der Waals surface area contributed by atoms with Crippen molar-refractivity contribution >= 4 is 39.3 Å². The number of carboxylic acids is 1. The molecule has 2 N–H and O–H groups in total. The first-order valence-electron chi connectivity index (χ1n) is 17.5. The number of rotatable bonds is 14. The monoisotopic (exact) mass is 785 g/mol. The van der Waals surface area contributed by atoms with Gasteiger partial charge in [-0.3, -0.25) is 14.4 Å². The molecule has 3 aromatic rings. The van der Waals surface area contributed by atoms with Gasteiger partial charge in [0.2, 0.25) is 5.91 Å². The largest absolute Gasteiger partial charge is 0.492 e. The van der Waals surface area contributed by atoms with E-state index >= 15 is 0 Å². The quantitative estimate of drug-likeness (QED) is 0.131. The number of hydrogen-bond acceptors (Lipinski definition) is 5. The van der Waals surface area contributed by atoms with Crippen molar-refractivity contribution in [3.05, 3.63) is 105 Å². The topological polar surface area (TPSA) is 99.2 Å². The Hall–Kier alpha value is -4.23. The van der Waals surface area contributed by atoms with Crippen LogP contribution in [-0.4, -0.2) is 70.5 Å². The van der Waals surface area contributed by atoms with E-state index in [1.807, 2.05) is 24.3 Å². The van der Waals surface area contributed by atoms with Crippen LogP contribution in [0, 0.1) is 5.82 Å². The average molecular weight is 787 g/mol. The van der Waals surface area contributed by atoms with Gasteiger partial charge in [-0.15, -0.1) is 0 Å². The summed E-state index contributed by atoms with van der Waals surface area (Å²) in [6.07, 6.45) is -0.987. The maximum Gasteiger partial charge on any atom is 0.416 e. The van der Waals surface area contributed by atoms with Crippen LogP contribution in [0.25, 0.3) is 5.57 Å². The van der Waals surface area contributed by atoms with E-state index in [0.29, 0.717) is 53.8 Å². The fourth-order valence-electron chi connectivity index (χ4n) is 6.99. The molecule has 1 saturated heterocycles. The number of carbonyl (C=O) groups excluding carboxylic acids is 2. The molecule has 3 aliphatic rings. The number of nitrogens with one attached hydrogen (secondary N) is 1. The first-order valence-corrected chi connectivity index (χ1v) is 18.3. The zero-order chi connectivity index (χ0) is 37.0. The van der Waals surface area contributed by atoms with Gasteiger partial charge >= 0.3 is 12.1 Å². The predicted octanol–water partition coefficient (Wildman–Crippen LogP) is 7.39. The molecular formula is C39H40BrF4N3O5. The summed E-state index contributed by atoms with van der Waals surface area (Å²) in [5.41, 5.74) is 2.87. The van der Waals surface area contributed by atoms with Crippen LogP contribution >= 0.6 is 15.9 Å². The van der Waals surface area contributed by atoms with Crippen molar-refractivity contribution in [1.29, 1.82) is 0 Å². The Morgan fingerprint density at radius 1 is 0.962 bits per heavy atom. The number of hydrogen-bond donors (Lipinski definition) is 2. The van der Waals surface area contributed by atoms with Gasteiger partial charge in [0.1, 0.15) is 11.6 Å². The van der Waals surface area contributed by atoms with Crippen LogP contribution in [0.1, 0.15) is 67.2 Å². The van der Waals surface area contributed by atoms with Gasteiger partial charge in [-0.25, -0.2) is 4.39 Å². The first kappa shape index (κ1) is 37.5. The molecule has 1 saturated carbocycles. The van der Waals surface area contributed by atoms with Gasteiger partial charge in [-0.05, 0) is 101 Å². The summed E-state index contributed by atoms with van der Waals surface area (Å²) in [6.45, 7) is 1.03. The molecule has 13 heteroatoms. The third-order valence-electron chi connectivity index (χ3n) is 9.69. The number of nitrogens with zero attached hydrogens (tertiary/aromatic N) is 2. The number of fused-ring (bicyclic) bond motifs is 2. The van der Waals surface area contributed by atoms with Crippen LogP contribution in [-0.2, 0) is 33.5 Å². The lowest BCUT2D eigenvalue weighted by atomic mass is 9.82. The number of ether oxygens (including phenoxy) is 1. The Labute approximate surface area is 307 Å².